The van der Waals surface area contributed by atoms with Crippen LogP contribution in [0.1, 0.15) is 10.4 Å². The summed E-state index contributed by atoms with van der Waals surface area (Å²) in [6, 6.07) is 14.7. The van der Waals surface area contributed by atoms with Crippen LogP contribution in [0.4, 0.5) is 5.13 Å². The number of aromatic nitrogens is 1. The van der Waals surface area contributed by atoms with Gasteiger partial charge in [-0.25, -0.2) is 4.98 Å². The van der Waals surface area contributed by atoms with Gasteiger partial charge < -0.3 is 9.47 Å². The Bertz CT molecular complexity index is 881. The van der Waals surface area contributed by atoms with E-state index in [1.807, 2.05) is 24.3 Å². The quantitative estimate of drug-likeness (QED) is 0.651. The third-order valence-corrected chi connectivity index (χ3v) is 4.64. The molecular weight excluding hydrogens is 372 g/mol. The SMILES string of the molecule is COc1ccc(OCC(=O)Nc2ncc(Cc3cccc(Cl)c3)s2)cc1. The smallest absolute Gasteiger partial charge is 0.264 e. The number of thiazole rings is 1. The lowest BCUT2D eigenvalue weighted by atomic mass is 10.1. The van der Waals surface area contributed by atoms with E-state index in [4.69, 9.17) is 21.1 Å². The number of methoxy groups -OCH3 is 1. The summed E-state index contributed by atoms with van der Waals surface area (Å²) < 4.78 is 10.5. The third kappa shape index (κ3) is 5.21. The lowest BCUT2D eigenvalue weighted by Crippen LogP contribution is -2.19. The summed E-state index contributed by atoms with van der Waals surface area (Å²) in [5.74, 6) is 1.07. The molecule has 0 bridgehead atoms. The molecule has 5 nitrogen and oxygen atoms in total. The van der Waals surface area contributed by atoms with Crippen molar-refractivity contribution < 1.29 is 14.3 Å². The highest BCUT2D eigenvalue weighted by atomic mass is 35.5. The van der Waals surface area contributed by atoms with Crippen molar-refractivity contribution in [3.05, 3.63) is 70.2 Å². The van der Waals surface area contributed by atoms with Crippen molar-refractivity contribution in [2.75, 3.05) is 19.0 Å². The maximum Gasteiger partial charge on any atom is 0.264 e. The molecule has 0 aliphatic carbocycles. The maximum atomic E-state index is 12.0. The number of anilines is 1. The first-order chi connectivity index (χ1) is 12.6. The van der Waals surface area contributed by atoms with Crippen LogP contribution in [0.25, 0.3) is 0 Å². The molecule has 0 radical (unpaired) electrons. The van der Waals surface area contributed by atoms with Crippen LogP contribution in [-0.2, 0) is 11.2 Å². The molecule has 0 fully saturated rings. The molecule has 1 heterocycles. The molecule has 1 aromatic heterocycles. The second kappa shape index (κ2) is 8.69. The number of amides is 1. The molecule has 0 unspecified atom stereocenters. The van der Waals surface area contributed by atoms with Crippen LogP contribution in [0.3, 0.4) is 0 Å². The first-order valence-electron chi connectivity index (χ1n) is 7.88. The first-order valence-corrected chi connectivity index (χ1v) is 9.07. The Hall–Kier alpha value is -2.57. The fraction of sp³-hybridized carbons (Fsp3) is 0.158. The Balaban J connectivity index is 1.50. The van der Waals surface area contributed by atoms with Crippen LogP contribution in [0.2, 0.25) is 5.02 Å². The monoisotopic (exact) mass is 388 g/mol. The maximum absolute atomic E-state index is 12.0. The molecule has 0 spiro atoms. The molecule has 0 aliphatic rings. The molecule has 3 rings (SSSR count). The Morgan fingerprint density at radius 1 is 1.19 bits per heavy atom. The standard InChI is InChI=1S/C19H17ClN2O3S/c1-24-15-5-7-16(8-6-15)25-12-18(23)22-19-21-11-17(26-19)10-13-3-2-4-14(20)9-13/h2-9,11H,10,12H2,1H3,(H,21,22,23). The van der Waals surface area contributed by atoms with Gasteiger partial charge in [0.2, 0.25) is 0 Å². The molecular formula is C19H17ClN2O3S. The highest BCUT2D eigenvalue weighted by molar-refractivity contribution is 7.15. The lowest BCUT2D eigenvalue weighted by Gasteiger charge is -2.06. The second-order valence-electron chi connectivity index (χ2n) is 5.45. The van der Waals surface area contributed by atoms with Crippen LogP contribution in [0.15, 0.2) is 54.7 Å². The van der Waals surface area contributed by atoms with E-state index in [9.17, 15) is 4.79 Å². The number of halogens is 1. The molecule has 0 saturated carbocycles. The number of carbonyl (C=O) groups is 1. The number of hydrogen-bond donors (Lipinski definition) is 1. The van der Waals surface area contributed by atoms with Crippen molar-refractivity contribution in [3.63, 3.8) is 0 Å². The number of ether oxygens (including phenoxy) is 2. The zero-order chi connectivity index (χ0) is 18.4. The largest absolute Gasteiger partial charge is 0.497 e. The summed E-state index contributed by atoms with van der Waals surface area (Å²) in [6.07, 6.45) is 2.47. The van der Waals surface area contributed by atoms with Gasteiger partial charge in [-0.15, -0.1) is 11.3 Å². The minimum atomic E-state index is -0.260. The Kier molecular flexibility index (Phi) is 6.09. The van der Waals surface area contributed by atoms with Crippen LogP contribution in [0, 0.1) is 0 Å². The fourth-order valence-corrected chi connectivity index (χ4v) is 3.35. The third-order valence-electron chi connectivity index (χ3n) is 3.50. The first kappa shape index (κ1) is 18.2. The predicted molar refractivity (Wildman–Crippen MR) is 103 cm³/mol. The number of hydrogen-bond acceptors (Lipinski definition) is 5. The van der Waals surface area contributed by atoms with E-state index in [-0.39, 0.29) is 12.5 Å². The number of carbonyl (C=O) groups excluding carboxylic acids is 1. The van der Waals surface area contributed by atoms with Gasteiger partial charge in [-0.3, -0.25) is 10.1 Å². The van der Waals surface area contributed by atoms with Gasteiger partial charge in [0.15, 0.2) is 11.7 Å². The second-order valence-corrected chi connectivity index (χ2v) is 7.00. The summed E-state index contributed by atoms with van der Waals surface area (Å²) >= 11 is 7.43. The average molecular weight is 389 g/mol. The molecule has 0 saturated heterocycles. The molecule has 2 aromatic carbocycles. The van der Waals surface area contributed by atoms with Gasteiger partial charge in [-0.2, -0.15) is 0 Å². The van der Waals surface area contributed by atoms with Gasteiger partial charge in [-0.1, -0.05) is 23.7 Å². The zero-order valence-corrected chi connectivity index (χ0v) is 15.6. The van der Waals surface area contributed by atoms with E-state index in [0.717, 1.165) is 22.6 Å². The van der Waals surface area contributed by atoms with Crippen LogP contribution < -0.4 is 14.8 Å². The topological polar surface area (TPSA) is 60.5 Å². The molecule has 7 heteroatoms. The number of benzene rings is 2. The molecule has 3 aromatic rings. The van der Waals surface area contributed by atoms with E-state index in [1.165, 1.54) is 11.3 Å². The van der Waals surface area contributed by atoms with Gasteiger partial charge in [0.05, 0.1) is 7.11 Å². The van der Waals surface area contributed by atoms with E-state index in [2.05, 4.69) is 10.3 Å². The number of nitrogens with one attached hydrogen (secondary N) is 1. The Morgan fingerprint density at radius 2 is 1.96 bits per heavy atom. The molecule has 0 aliphatic heterocycles. The fourth-order valence-electron chi connectivity index (χ4n) is 2.27. The molecule has 1 amide bonds. The lowest BCUT2D eigenvalue weighted by molar-refractivity contribution is -0.118. The van der Waals surface area contributed by atoms with E-state index >= 15 is 0 Å². The van der Waals surface area contributed by atoms with E-state index in [1.54, 1.807) is 37.6 Å². The van der Waals surface area contributed by atoms with Gasteiger partial charge in [0.1, 0.15) is 11.5 Å². The van der Waals surface area contributed by atoms with Crippen LogP contribution in [-0.4, -0.2) is 24.6 Å². The van der Waals surface area contributed by atoms with Crippen molar-refractivity contribution in [2.24, 2.45) is 0 Å². The van der Waals surface area contributed by atoms with Crippen LogP contribution in [0.5, 0.6) is 11.5 Å². The minimum Gasteiger partial charge on any atom is -0.497 e. The highest BCUT2D eigenvalue weighted by Crippen LogP contribution is 2.22. The van der Waals surface area contributed by atoms with Crippen molar-refractivity contribution in [1.29, 1.82) is 0 Å². The number of rotatable bonds is 7. The summed E-state index contributed by atoms with van der Waals surface area (Å²) in [7, 11) is 1.60. The van der Waals surface area contributed by atoms with E-state index in [0.29, 0.717) is 15.9 Å². The zero-order valence-electron chi connectivity index (χ0n) is 14.1. The normalized spacial score (nSPS) is 10.4. The van der Waals surface area contributed by atoms with Crippen molar-refractivity contribution in [3.8, 4) is 11.5 Å². The summed E-state index contributed by atoms with van der Waals surface area (Å²) in [5, 5.41) is 4.00. The van der Waals surface area contributed by atoms with Gasteiger partial charge in [-0.05, 0) is 42.0 Å². The molecule has 0 atom stereocenters. The Morgan fingerprint density at radius 3 is 2.69 bits per heavy atom. The summed E-state index contributed by atoms with van der Waals surface area (Å²) in [4.78, 5) is 17.3. The predicted octanol–water partition coefficient (Wildman–Crippen LogP) is 4.41. The molecule has 1 N–H and O–H groups in total. The van der Waals surface area contributed by atoms with Crippen molar-refractivity contribution in [2.45, 2.75) is 6.42 Å². The average Bonchev–Trinajstić information content (AvgIpc) is 3.07. The number of nitrogens with zero attached hydrogens (tertiary/aromatic N) is 1. The van der Waals surface area contributed by atoms with Crippen LogP contribution >= 0.6 is 22.9 Å². The minimum absolute atomic E-state index is 0.0878. The summed E-state index contributed by atoms with van der Waals surface area (Å²) in [5.41, 5.74) is 1.10. The highest BCUT2D eigenvalue weighted by Gasteiger charge is 2.08. The van der Waals surface area contributed by atoms with E-state index < -0.39 is 0 Å². The van der Waals surface area contributed by atoms with Gasteiger partial charge in [0.25, 0.3) is 5.91 Å². The summed E-state index contributed by atoms with van der Waals surface area (Å²) in [6.45, 7) is -0.0878. The molecule has 26 heavy (non-hydrogen) atoms. The van der Waals surface area contributed by atoms with Gasteiger partial charge in [0, 0.05) is 22.5 Å². The Labute approximate surface area is 160 Å². The van der Waals surface area contributed by atoms with Crippen molar-refractivity contribution in [1.82, 2.24) is 4.98 Å². The molecule has 134 valence electrons. The van der Waals surface area contributed by atoms with Crippen molar-refractivity contribution >= 4 is 34.0 Å². The van der Waals surface area contributed by atoms with Gasteiger partial charge >= 0.3 is 0 Å².